The van der Waals surface area contributed by atoms with E-state index in [4.69, 9.17) is 4.52 Å². The molecule has 27 heavy (non-hydrogen) atoms. The van der Waals surface area contributed by atoms with Gasteiger partial charge in [0.2, 0.25) is 17.6 Å². The van der Waals surface area contributed by atoms with Crippen molar-refractivity contribution in [2.75, 3.05) is 5.32 Å². The van der Waals surface area contributed by atoms with Gasteiger partial charge >= 0.3 is 0 Å². The summed E-state index contributed by atoms with van der Waals surface area (Å²) in [5.41, 5.74) is 1.64. The SMILES string of the molecule is CC(F)(F)c1ccc(-c2noc(C3CC34C(=O)Nc3ccccc34)n2)cc1. The molecule has 0 bridgehead atoms. The largest absolute Gasteiger partial charge is 0.339 e. The first-order valence-electron chi connectivity index (χ1n) is 8.63. The number of halogens is 2. The Bertz CT molecular complexity index is 1060. The second kappa shape index (κ2) is 5.22. The van der Waals surface area contributed by atoms with E-state index in [9.17, 15) is 13.6 Å². The van der Waals surface area contributed by atoms with E-state index in [1.165, 1.54) is 12.1 Å². The van der Waals surface area contributed by atoms with Crippen LogP contribution in [0.15, 0.2) is 53.1 Å². The number of benzene rings is 2. The summed E-state index contributed by atoms with van der Waals surface area (Å²) < 4.78 is 32.1. The lowest BCUT2D eigenvalue weighted by Gasteiger charge is -2.09. The van der Waals surface area contributed by atoms with Crippen LogP contribution in [0.25, 0.3) is 11.4 Å². The molecule has 1 aliphatic carbocycles. The van der Waals surface area contributed by atoms with Gasteiger partial charge in [-0.25, -0.2) is 8.78 Å². The Balaban J connectivity index is 1.44. The smallest absolute Gasteiger partial charge is 0.270 e. The molecule has 136 valence electrons. The van der Waals surface area contributed by atoms with Crippen LogP contribution in [0.1, 0.15) is 36.3 Å². The molecule has 1 aromatic heterocycles. The van der Waals surface area contributed by atoms with Gasteiger partial charge in [0.25, 0.3) is 5.92 Å². The van der Waals surface area contributed by atoms with Crippen LogP contribution in [-0.2, 0) is 16.1 Å². The highest BCUT2D eigenvalue weighted by atomic mass is 19.3. The number of amides is 1. The van der Waals surface area contributed by atoms with Gasteiger partial charge in [-0.05, 0) is 18.1 Å². The lowest BCUT2D eigenvalue weighted by molar-refractivity contribution is -0.118. The summed E-state index contributed by atoms with van der Waals surface area (Å²) >= 11 is 0. The molecule has 0 saturated heterocycles. The quantitative estimate of drug-likeness (QED) is 0.752. The normalized spacial score (nSPS) is 23.4. The Morgan fingerprint density at radius 2 is 1.93 bits per heavy atom. The van der Waals surface area contributed by atoms with Gasteiger partial charge in [0.1, 0.15) is 0 Å². The fourth-order valence-corrected chi connectivity index (χ4v) is 3.85. The number of hydrogen-bond donors (Lipinski definition) is 1. The molecule has 2 aliphatic rings. The molecular formula is C20H15F2N3O2. The molecule has 1 fully saturated rings. The molecule has 2 heterocycles. The zero-order chi connectivity index (χ0) is 18.8. The Kier molecular flexibility index (Phi) is 3.11. The molecule has 1 amide bonds. The van der Waals surface area contributed by atoms with Gasteiger partial charge in [0.15, 0.2) is 0 Å². The van der Waals surface area contributed by atoms with Crippen LogP contribution in [-0.4, -0.2) is 16.0 Å². The average Bonchev–Trinajstić information content (AvgIpc) is 3.09. The van der Waals surface area contributed by atoms with Crippen molar-refractivity contribution in [3.05, 3.63) is 65.5 Å². The molecule has 7 heteroatoms. The summed E-state index contributed by atoms with van der Waals surface area (Å²) in [6.45, 7) is 0.853. The van der Waals surface area contributed by atoms with Crippen molar-refractivity contribution in [1.29, 1.82) is 0 Å². The predicted octanol–water partition coefficient (Wildman–Crippen LogP) is 4.23. The fraction of sp³-hybridized carbons (Fsp3) is 0.250. The Morgan fingerprint density at radius 1 is 1.19 bits per heavy atom. The molecule has 1 spiro atoms. The van der Waals surface area contributed by atoms with Crippen molar-refractivity contribution in [3.8, 4) is 11.4 Å². The number of aromatic nitrogens is 2. The number of anilines is 1. The van der Waals surface area contributed by atoms with Crippen LogP contribution < -0.4 is 5.32 Å². The Hall–Kier alpha value is -3.09. The third kappa shape index (κ3) is 2.31. The van der Waals surface area contributed by atoms with E-state index in [0.29, 0.717) is 23.7 Å². The minimum Gasteiger partial charge on any atom is -0.339 e. The number of hydrogen-bond acceptors (Lipinski definition) is 4. The van der Waals surface area contributed by atoms with Gasteiger partial charge in [-0.3, -0.25) is 4.79 Å². The van der Waals surface area contributed by atoms with E-state index < -0.39 is 11.3 Å². The minimum absolute atomic E-state index is 0.0528. The maximum absolute atomic E-state index is 13.3. The van der Waals surface area contributed by atoms with Crippen LogP contribution in [0.3, 0.4) is 0 Å². The number of nitrogens with zero attached hydrogens (tertiary/aromatic N) is 2. The van der Waals surface area contributed by atoms with Crippen molar-refractivity contribution in [3.63, 3.8) is 0 Å². The Labute approximate surface area is 153 Å². The second-order valence-corrected chi connectivity index (χ2v) is 7.15. The van der Waals surface area contributed by atoms with Crippen LogP contribution in [0.2, 0.25) is 0 Å². The number of rotatable bonds is 3. The summed E-state index contributed by atoms with van der Waals surface area (Å²) in [5.74, 6) is -2.42. The molecule has 1 aliphatic heterocycles. The molecule has 3 aromatic rings. The molecular weight excluding hydrogens is 352 g/mol. The van der Waals surface area contributed by atoms with Crippen LogP contribution in [0, 0.1) is 0 Å². The molecule has 2 unspecified atom stereocenters. The van der Waals surface area contributed by atoms with Crippen molar-refractivity contribution in [1.82, 2.24) is 10.1 Å². The fourth-order valence-electron chi connectivity index (χ4n) is 3.85. The summed E-state index contributed by atoms with van der Waals surface area (Å²) in [5, 5.41) is 6.88. The van der Waals surface area contributed by atoms with E-state index in [-0.39, 0.29) is 17.4 Å². The number of carbonyl (C=O) groups is 1. The summed E-state index contributed by atoms with van der Waals surface area (Å²) in [7, 11) is 0. The first-order chi connectivity index (χ1) is 12.9. The third-order valence-corrected chi connectivity index (χ3v) is 5.41. The number of alkyl halides is 2. The minimum atomic E-state index is -2.90. The van der Waals surface area contributed by atoms with Crippen LogP contribution >= 0.6 is 0 Å². The standard InChI is InChI=1S/C20H15F2N3O2/c1-19(21,22)12-8-6-11(7-9-12)16-24-17(27-25-16)14-10-20(14)13-4-2-3-5-15(13)23-18(20)26/h2-9,14H,10H2,1H3,(H,23,26). The first-order valence-corrected chi connectivity index (χ1v) is 8.63. The highest BCUT2D eigenvalue weighted by Crippen LogP contribution is 2.64. The molecule has 5 nitrogen and oxygen atoms in total. The van der Waals surface area contributed by atoms with Crippen molar-refractivity contribution in [2.24, 2.45) is 0 Å². The zero-order valence-corrected chi connectivity index (χ0v) is 14.4. The van der Waals surface area contributed by atoms with E-state index >= 15 is 0 Å². The second-order valence-electron chi connectivity index (χ2n) is 7.15. The number of fused-ring (bicyclic) bond motifs is 2. The van der Waals surface area contributed by atoms with Crippen LogP contribution in [0.5, 0.6) is 0 Å². The van der Waals surface area contributed by atoms with E-state index in [1.807, 2.05) is 24.3 Å². The van der Waals surface area contributed by atoms with Gasteiger partial charge < -0.3 is 9.84 Å². The molecule has 0 radical (unpaired) electrons. The van der Waals surface area contributed by atoms with Crippen molar-refractivity contribution >= 4 is 11.6 Å². The molecule has 1 saturated carbocycles. The molecule has 2 atom stereocenters. The summed E-state index contributed by atoms with van der Waals surface area (Å²) in [6.07, 6.45) is 0.610. The predicted molar refractivity (Wildman–Crippen MR) is 93.4 cm³/mol. The van der Waals surface area contributed by atoms with Gasteiger partial charge in [0, 0.05) is 23.7 Å². The molecule has 5 rings (SSSR count). The lowest BCUT2D eigenvalue weighted by Crippen LogP contribution is -2.21. The van der Waals surface area contributed by atoms with Gasteiger partial charge in [0.05, 0.1) is 11.3 Å². The maximum atomic E-state index is 13.3. The van der Waals surface area contributed by atoms with Crippen molar-refractivity contribution < 1.29 is 18.1 Å². The summed E-state index contributed by atoms with van der Waals surface area (Å²) in [6, 6.07) is 13.4. The number of para-hydroxylation sites is 1. The monoisotopic (exact) mass is 367 g/mol. The first kappa shape index (κ1) is 16.1. The third-order valence-electron chi connectivity index (χ3n) is 5.41. The average molecular weight is 367 g/mol. The lowest BCUT2D eigenvalue weighted by atomic mass is 9.95. The topological polar surface area (TPSA) is 68.0 Å². The van der Waals surface area contributed by atoms with Gasteiger partial charge in [-0.2, -0.15) is 4.98 Å². The highest BCUT2D eigenvalue weighted by Gasteiger charge is 2.67. The Morgan fingerprint density at radius 3 is 2.67 bits per heavy atom. The maximum Gasteiger partial charge on any atom is 0.270 e. The van der Waals surface area contributed by atoms with E-state index in [1.54, 1.807) is 12.1 Å². The number of nitrogens with one attached hydrogen (secondary N) is 1. The van der Waals surface area contributed by atoms with E-state index in [2.05, 4.69) is 15.5 Å². The molecule has 2 aromatic carbocycles. The summed E-state index contributed by atoms with van der Waals surface area (Å²) in [4.78, 5) is 17.0. The van der Waals surface area contributed by atoms with Gasteiger partial charge in [-0.1, -0.05) is 47.6 Å². The number of carbonyl (C=O) groups excluding carboxylic acids is 1. The van der Waals surface area contributed by atoms with Gasteiger partial charge in [-0.15, -0.1) is 0 Å². The zero-order valence-electron chi connectivity index (χ0n) is 14.4. The van der Waals surface area contributed by atoms with Crippen LogP contribution in [0.4, 0.5) is 14.5 Å². The van der Waals surface area contributed by atoms with Crippen molar-refractivity contribution in [2.45, 2.75) is 30.6 Å². The highest BCUT2D eigenvalue weighted by molar-refractivity contribution is 6.09. The molecule has 1 N–H and O–H groups in total. The van der Waals surface area contributed by atoms with E-state index in [0.717, 1.165) is 18.2 Å².